The molecule has 0 N–H and O–H groups in total. The number of nitrogens with zero attached hydrogens (tertiary/aromatic N) is 5. The second kappa shape index (κ2) is 8.02. The fourth-order valence-electron chi connectivity index (χ4n) is 5.83. The van der Waals surface area contributed by atoms with E-state index in [4.69, 9.17) is 4.99 Å². The number of hydrogen-bond donors (Lipinski definition) is 0. The van der Waals surface area contributed by atoms with Gasteiger partial charge in [0.25, 0.3) is 5.91 Å². The highest BCUT2D eigenvalue weighted by molar-refractivity contribution is 6.16. The summed E-state index contributed by atoms with van der Waals surface area (Å²) in [4.78, 5) is 34.8. The summed E-state index contributed by atoms with van der Waals surface area (Å²) in [6.45, 7) is 2.33. The van der Waals surface area contributed by atoms with E-state index in [1.54, 1.807) is 0 Å². The Bertz CT molecular complexity index is 1390. The molecule has 184 valence electrons. The SMILES string of the molecule is Cn1ncc2cc(-c3ccc(C4=NC5(CC5)C(=O)N4CC4CCN(C(=O)C5CC5)CC4)cc3)ccc21. The molecule has 2 saturated carbocycles. The van der Waals surface area contributed by atoms with E-state index in [1.165, 1.54) is 0 Å². The van der Waals surface area contributed by atoms with Gasteiger partial charge in [-0.1, -0.05) is 30.3 Å². The summed E-state index contributed by atoms with van der Waals surface area (Å²) in [6, 6.07) is 14.8. The molecule has 4 aliphatic rings. The number of hydrogen-bond acceptors (Lipinski definition) is 4. The van der Waals surface area contributed by atoms with Crippen LogP contribution in [0.25, 0.3) is 22.0 Å². The maximum absolute atomic E-state index is 13.4. The quantitative estimate of drug-likeness (QED) is 0.553. The molecular formula is C29H31N5O2. The molecule has 3 heterocycles. The van der Waals surface area contributed by atoms with Crippen LogP contribution in [0.4, 0.5) is 0 Å². The van der Waals surface area contributed by atoms with Crippen molar-refractivity contribution in [1.82, 2.24) is 19.6 Å². The maximum Gasteiger partial charge on any atom is 0.256 e. The molecule has 2 aliphatic carbocycles. The number of rotatable bonds is 5. The van der Waals surface area contributed by atoms with Crippen LogP contribution in [0, 0.1) is 11.8 Å². The standard InChI is InChI=1S/C29H31N5O2/c1-32-25-9-8-23(16-24(25)17-30-32)20-2-4-21(5-3-20)26-31-29(12-13-29)28(36)34(26)18-19-10-14-33(15-11-19)27(35)22-6-7-22/h2-5,8-9,16-17,19,22H,6-7,10-15,18H2,1H3. The number of carbonyl (C=O) groups is 2. The first-order valence-corrected chi connectivity index (χ1v) is 13.2. The molecule has 7 rings (SSSR count). The van der Waals surface area contributed by atoms with Gasteiger partial charge in [-0.2, -0.15) is 5.10 Å². The molecule has 36 heavy (non-hydrogen) atoms. The number of likely N-dealkylation sites (tertiary alicyclic amines) is 1. The number of aryl methyl sites for hydroxylation is 1. The first-order valence-electron chi connectivity index (χ1n) is 13.2. The third kappa shape index (κ3) is 3.64. The topological polar surface area (TPSA) is 70.8 Å². The molecule has 1 spiro atoms. The predicted molar refractivity (Wildman–Crippen MR) is 138 cm³/mol. The molecule has 0 atom stereocenters. The highest BCUT2D eigenvalue weighted by Gasteiger charge is 2.57. The van der Waals surface area contributed by atoms with Gasteiger partial charge in [-0.3, -0.25) is 24.2 Å². The van der Waals surface area contributed by atoms with Crippen LogP contribution in [-0.2, 0) is 16.6 Å². The van der Waals surface area contributed by atoms with Gasteiger partial charge in [0.05, 0.1) is 11.7 Å². The number of carbonyl (C=O) groups excluding carboxylic acids is 2. The number of aliphatic imine (C=N–C) groups is 1. The van der Waals surface area contributed by atoms with Crippen LogP contribution in [0.3, 0.4) is 0 Å². The number of piperidine rings is 1. The molecule has 0 unspecified atom stereocenters. The molecular weight excluding hydrogens is 450 g/mol. The largest absolute Gasteiger partial charge is 0.342 e. The molecule has 2 aromatic carbocycles. The van der Waals surface area contributed by atoms with Crippen molar-refractivity contribution in [3.8, 4) is 11.1 Å². The smallest absolute Gasteiger partial charge is 0.256 e. The van der Waals surface area contributed by atoms with E-state index in [1.807, 2.05) is 27.7 Å². The van der Waals surface area contributed by atoms with Gasteiger partial charge < -0.3 is 4.90 Å². The fraction of sp³-hybridized carbons (Fsp3) is 0.448. The van der Waals surface area contributed by atoms with E-state index >= 15 is 0 Å². The Hall–Kier alpha value is -3.48. The van der Waals surface area contributed by atoms with E-state index in [-0.39, 0.29) is 11.8 Å². The van der Waals surface area contributed by atoms with E-state index in [9.17, 15) is 9.59 Å². The Morgan fingerprint density at radius 1 is 0.972 bits per heavy atom. The average Bonchev–Trinajstić information content (AvgIpc) is 3.84. The fourth-order valence-corrected chi connectivity index (χ4v) is 5.83. The van der Waals surface area contributed by atoms with Crippen molar-refractivity contribution < 1.29 is 9.59 Å². The average molecular weight is 482 g/mol. The Kier molecular flexibility index (Phi) is 4.85. The summed E-state index contributed by atoms with van der Waals surface area (Å²) in [5.41, 5.74) is 3.88. The molecule has 3 aromatic rings. The van der Waals surface area contributed by atoms with E-state index < -0.39 is 5.54 Å². The summed E-state index contributed by atoms with van der Waals surface area (Å²) >= 11 is 0. The zero-order valence-corrected chi connectivity index (χ0v) is 20.7. The molecule has 7 nitrogen and oxygen atoms in total. The molecule has 0 radical (unpaired) electrons. The highest BCUT2D eigenvalue weighted by atomic mass is 16.2. The van der Waals surface area contributed by atoms with Crippen LogP contribution >= 0.6 is 0 Å². The number of fused-ring (bicyclic) bond motifs is 1. The minimum atomic E-state index is -0.512. The normalized spacial score (nSPS) is 21.5. The molecule has 0 bridgehead atoms. The van der Waals surface area contributed by atoms with Gasteiger partial charge >= 0.3 is 0 Å². The minimum Gasteiger partial charge on any atom is -0.342 e. The third-order valence-corrected chi connectivity index (χ3v) is 8.46. The summed E-state index contributed by atoms with van der Waals surface area (Å²) in [5.74, 6) is 2.02. The van der Waals surface area contributed by atoms with Crippen molar-refractivity contribution in [3.05, 3.63) is 54.2 Å². The van der Waals surface area contributed by atoms with Crippen LogP contribution in [0.5, 0.6) is 0 Å². The lowest BCUT2D eigenvalue weighted by atomic mass is 9.95. The van der Waals surface area contributed by atoms with E-state index in [0.717, 1.165) is 85.0 Å². The van der Waals surface area contributed by atoms with Crippen LogP contribution in [0.1, 0.15) is 44.1 Å². The van der Waals surface area contributed by atoms with Gasteiger partial charge in [0.15, 0.2) is 0 Å². The van der Waals surface area contributed by atoms with Crippen LogP contribution in [-0.4, -0.2) is 62.4 Å². The Labute approximate surface area is 210 Å². The van der Waals surface area contributed by atoms with Crippen molar-refractivity contribution in [2.45, 2.75) is 44.1 Å². The lowest BCUT2D eigenvalue weighted by Gasteiger charge is -2.34. The predicted octanol–water partition coefficient (Wildman–Crippen LogP) is 4.01. The van der Waals surface area contributed by atoms with Crippen molar-refractivity contribution in [2.24, 2.45) is 23.9 Å². The van der Waals surface area contributed by atoms with Crippen LogP contribution in [0.2, 0.25) is 0 Å². The lowest BCUT2D eigenvalue weighted by Crippen LogP contribution is -2.45. The molecule has 2 aliphatic heterocycles. The second-order valence-electron chi connectivity index (χ2n) is 11.0. The number of amides is 2. The van der Waals surface area contributed by atoms with Gasteiger partial charge in [-0.15, -0.1) is 0 Å². The lowest BCUT2D eigenvalue weighted by molar-refractivity contribution is -0.134. The van der Waals surface area contributed by atoms with Gasteiger partial charge in [-0.05, 0) is 67.7 Å². The molecule has 3 fully saturated rings. The summed E-state index contributed by atoms with van der Waals surface area (Å²) in [7, 11) is 1.95. The third-order valence-electron chi connectivity index (χ3n) is 8.46. The Balaban J connectivity index is 1.09. The molecule has 1 saturated heterocycles. The van der Waals surface area contributed by atoms with Gasteiger partial charge in [0, 0.05) is 43.5 Å². The molecule has 2 amide bonds. The Morgan fingerprint density at radius 2 is 1.67 bits per heavy atom. The van der Waals surface area contributed by atoms with Gasteiger partial charge in [-0.25, -0.2) is 0 Å². The Morgan fingerprint density at radius 3 is 2.36 bits per heavy atom. The first kappa shape index (κ1) is 21.8. The zero-order chi connectivity index (χ0) is 24.4. The van der Waals surface area contributed by atoms with Crippen molar-refractivity contribution in [3.63, 3.8) is 0 Å². The zero-order valence-electron chi connectivity index (χ0n) is 20.7. The van der Waals surface area contributed by atoms with Crippen LogP contribution < -0.4 is 0 Å². The van der Waals surface area contributed by atoms with E-state index in [0.29, 0.717) is 18.4 Å². The second-order valence-corrected chi connectivity index (χ2v) is 11.0. The molecule has 7 heteroatoms. The van der Waals surface area contributed by atoms with Crippen molar-refractivity contribution in [1.29, 1.82) is 0 Å². The van der Waals surface area contributed by atoms with Crippen LogP contribution in [0.15, 0.2) is 53.7 Å². The first-order chi connectivity index (χ1) is 17.5. The number of aromatic nitrogens is 2. The maximum atomic E-state index is 13.4. The number of amidine groups is 1. The summed E-state index contributed by atoms with van der Waals surface area (Å²) < 4.78 is 1.88. The number of benzene rings is 2. The van der Waals surface area contributed by atoms with Gasteiger partial charge in [0.2, 0.25) is 5.91 Å². The van der Waals surface area contributed by atoms with E-state index in [2.05, 4.69) is 47.6 Å². The van der Waals surface area contributed by atoms with Crippen molar-refractivity contribution >= 4 is 28.6 Å². The highest BCUT2D eigenvalue weighted by Crippen LogP contribution is 2.46. The molecule has 1 aromatic heterocycles. The monoisotopic (exact) mass is 481 g/mol. The van der Waals surface area contributed by atoms with Crippen molar-refractivity contribution in [2.75, 3.05) is 19.6 Å². The summed E-state index contributed by atoms with van der Waals surface area (Å²) in [5, 5.41) is 5.47. The summed E-state index contributed by atoms with van der Waals surface area (Å²) in [6.07, 6.45) is 7.62. The minimum absolute atomic E-state index is 0.167. The van der Waals surface area contributed by atoms with Gasteiger partial charge in [0.1, 0.15) is 11.4 Å².